The van der Waals surface area contributed by atoms with Crippen LogP contribution in [0.3, 0.4) is 0 Å². The van der Waals surface area contributed by atoms with E-state index in [1.165, 1.54) is 231 Å². The fourth-order valence-electron chi connectivity index (χ4n) is 10.2. The van der Waals surface area contributed by atoms with Crippen LogP contribution in [0.25, 0.3) is 0 Å². The van der Waals surface area contributed by atoms with Crippen molar-refractivity contribution in [1.29, 1.82) is 0 Å². The highest BCUT2D eigenvalue weighted by atomic mass is 16.7. The Morgan fingerprint density at radius 2 is 0.808 bits per heavy atom. The molecule has 0 aliphatic carbocycles. The molecule has 0 spiro atoms. The van der Waals surface area contributed by atoms with Gasteiger partial charge in [0.25, 0.3) is 0 Å². The van der Waals surface area contributed by atoms with E-state index < -0.39 is 49.5 Å². The number of carbonyl (C=O) groups excluding carboxylic acids is 1. The third kappa shape index (κ3) is 43.1. The molecule has 1 aliphatic rings. The third-order valence-electron chi connectivity index (χ3n) is 15.2. The second kappa shape index (κ2) is 53.8. The Kier molecular flexibility index (Phi) is 51.2. The molecule has 430 valence electrons. The Hall–Kier alpha value is -1.59. The molecule has 0 saturated carbocycles. The topological polar surface area (TPSA) is 149 Å². The van der Waals surface area contributed by atoms with Gasteiger partial charge in [0.1, 0.15) is 24.4 Å². The summed E-state index contributed by atoms with van der Waals surface area (Å²) in [6.45, 7) is 3.86. The first-order chi connectivity index (χ1) is 35.8. The summed E-state index contributed by atoms with van der Waals surface area (Å²) in [6, 6.07) is -0.719. The molecule has 0 aromatic heterocycles. The van der Waals surface area contributed by atoms with Crippen molar-refractivity contribution in [3.63, 3.8) is 0 Å². The van der Waals surface area contributed by atoms with Crippen LogP contribution in [0.2, 0.25) is 0 Å². The Balaban J connectivity index is 2.13. The number of rotatable bonds is 55. The number of carbonyl (C=O) groups is 1. The highest BCUT2D eigenvalue weighted by molar-refractivity contribution is 5.76. The zero-order valence-corrected chi connectivity index (χ0v) is 47.9. The number of allylic oxidation sites excluding steroid dienone is 6. The number of hydrogen-bond acceptors (Lipinski definition) is 8. The second-order valence-electron chi connectivity index (χ2n) is 22.2. The van der Waals surface area contributed by atoms with Gasteiger partial charge in [0, 0.05) is 6.42 Å². The molecule has 1 fully saturated rings. The van der Waals surface area contributed by atoms with Crippen LogP contribution in [0.4, 0.5) is 0 Å². The van der Waals surface area contributed by atoms with Crippen molar-refractivity contribution in [2.75, 3.05) is 13.2 Å². The molecule has 9 heteroatoms. The number of nitrogens with one attached hydrogen (secondary N) is 1. The normalized spacial score (nSPS) is 19.2. The lowest BCUT2D eigenvalue weighted by Gasteiger charge is -2.40. The maximum atomic E-state index is 13.1. The van der Waals surface area contributed by atoms with Gasteiger partial charge in [0.2, 0.25) is 5.91 Å². The van der Waals surface area contributed by atoms with Crippen molar-refractivity contribution in [3.8, 4) is 0 Å². The minimum Gasteiger partial charge on any atom is -0.394 e. The summed E-state index contributed by atoms with van der Waals surface area (Å²) in [4.78, 5) is 13.1. The second-order valence-corrected chi connectivity index (χ2v) is 22.2. The SMILES string of the molecule is CCCCCCC/C=C\C/C=C\C/C=C\CCCCCCCCCCCCCCCCCCC(=O)NC(COC1OC(CO)C(O)C(O)C1O)C(O)CCCCCCCCCCCCCCCCCCCCC. The van der Waals surface area contributed by atoms with E-state index in [0.29, 0.717) is 12.8 Å². The largest absolute Gasteiger partial charge is 0.394 e. The van der Waals surface area contributed by atoms with E-state index in [-0.39, 0.29) is 12.5 Å². The molecule has 1 aliphatic heterocycles. The average Bonchev–Trinajstić information content (AvgIpc) is 3.39. The van der Waals surface area contributed by atoms with Gasteiger partial charge in [-0.25, -0.2) is 0 Å². The summed E-state index contributed by atoms with van der Waals surface area (Å²) in [5, 5.41) is 54.8. The number of ether oxygens (including phenoxy) is 2. The van der Waals surface area contributed by atoms with Crippen molar-refractivity contribution in [2.24, 2.45) is 0 Å². The molecule has 1 amide bonds. The quantitative estimate of drug-likeness (QED) is 0.0261. The maximum absolute atomic E-state index is 13.1. The van der Waals surface area contributed by atoms with E-state index in [4.69, 9.17) is 9.47 Å². The molecule has 9 nitrogen and oxygen atoms in total. The van der Waals surface area contributed by atoms with Crippen LogP contribution in [0.15, 0.2) is 36.5 Å². The molecule has 6 N–H and O–H groups in total. The molecular weight excluding hydrogens is 911 g/mol. The van der Waals surface area contributed by atoms with Crippen LogP contribution in [-0.4, -0.2) is 87.5 Å². The summed E-state index contributed by atoms with van der Waals surface area (Å²) in [6.07, 6.45) is 63.3. The highest BCUT2D eigenvalue weighted by Gasteiger charge is 2.44. The number of aliphatic hydroxyl groups is 5. The van der Waals surface area contributed by atoms with Gasteiger partial charge >= 0.3 is 0 Å². The number of unbranched alkanes of at least 4 members (excludes halogenated alkanes) is 39. The molecule has 0 bridgehead atoms. The Morgan fingerprint density at radius 3 is 1.19 bits per heavy atom. The van der Waals surface area contributed by atoms with Gasteiger partial charge in [0.05, 0.1) is 25.4 Å². The zero-order chi connectivity index (χ0) is 52.9. The van der Waals surface area contributed by atoms with Gasteiger partial charge < -0.3 is 40.3 Å². The van der Waals surface area contributed by atoms with Gasteiger partial charge in [0.15, 0.2) is 6.29 Å². The van der Waals surface area contributed by atoms with Gasteiger partial charge in [-0.2, -0.15) is 0 Å². The molecule has 1 heterocycles. The molecule has 0 aromatic carbocycles. The highest BCUT2D eigenvalue weighted by Crippen LogP contribution is 2.23. The van der Waals surface area contributed by atoms with Crippen molar-refractivity contribution in [3.05, 3.63) is 36.5 Å². The molecule has 7 unspecified atom stereocenters. The lowest BCUT2D eigenvalue weighted by Crippen LogP contribution is -2.60. The van der Waals surface area contributed by atoms with Crippen molar-refractivity contribution < 1.29 is 39.8 Å². The maximum Gasteiger partial charge on any atom is 0.220 e. The number of hydrogen-bond donors (Lipinski definition) is 6. The van der Waals surface area contributed by atoms with E-state index in [1.54, 1.807) is 0 Å². The van der Waals surface area contributed by atoms with Crippen LogP contribution < -0.4 is 5.32 Å². The minimum atomic E-state index is -1.55. The van der Waals surface area contributed by atoms with E-state index in [1.807, 2.05) is 0 Å². The lowest BCUT2D eigenvalue weighted by molar-refractivity contribution is -0.302. The average molecular weight is 1030 g/mol. The molecular formula is C64H121NO8. The van der Waals surface area contributed by atoms with E-state index >= 15 is 0 Å². The van der Waals surface area contributed by atoms with Crippen LogP contribution in [-0.2, 0) is 14.3 Å². The van der Waals surface area contributed by atoms with Gasteiger partial charge in [-0.15, -0.1) is 0 Å². The minimum absolute atomic E-state index is 0.135. The molecule has 0 aromatic rings. The number of aliphatic hydroxyl groups excluding tert-OH is 5. The predicted molar refractivity (Wildman–Crippen MR) is 309 cm³/mol. The molecule has 1 saturated heterocycles. The standard InChI is InChI=1S/C64H121NO8/c1-3-5-7-9-11-13-15-17-19-21-23-24-25-26-27-28-29-30-31-32-33-34-36-38-40-42-44-46-48-50-52-54-60(68)65-57(56-72-64-63(71)62(70)61(69)59(55-66)73-64)58(67)53-51-49-47-45-43-41-39-37-35-22-20-18-16-14-12-10-8-6-4-2/h15,17,21,23,25-26,57-59,61-64,66-67,69-71H,3-14,16,18-20,22,24,27-56H2,1-2H3,(H,65,68)/b17-15-,23-21-,26-25-. The Morgan fingerprint density at radius 1 is 0.466 bits per heavy atom. The summed E-state index contributed by atoms with van der Waals surface area (Å²) >= 11 is 0. The monoisotopic (exact) mass is 1030 g/mol. The fourth-order valence-corrected chi connectivity index (χ4v) is 10.2. The van der Waals surface area contributed by atoms with Crippen LogP contribution >= 0.6 is 0 Å². The first kappa shape index (κ1) is 69.4. The van der Waals surface area contributed by atoms with E-state index in [9.17, 15) is 30.3 Å². The smallest absolute Gasteiger partial charge is 0.220 e. The first-order valence-electron chi connectivity index (χ1n) is 31.7. The van der Waals surface area contributed by atoms with Crippen LogP contribution in [0, 0.1) is 0 Å². The van der Waals surface area contributed by atoms with E-state index in [0.717, 1.165) is 51.4 Å². The Bertz CT molecular complexity index is 1240. The predicted octanol–water partition coefficient (Wildman–Crippen LogP) is 16.3. The van der Waals surface area contributed by atoms with Crippen LogP contribution in [0.5, 0.6) is 0 Å². The fraction of sp³-hybridized carbons (Fsp3) is 0.891. The zero-order valence-electron chi connectivity index (χ0n) is 47.9. The third-order valence-corrected chi connectivity index (χ3v) is 15.2. The van der Waals surface area contributed by atoms with Crippen LogP contribution in [0.1, 0.15) is 309 Å². The van der Waals surface area contributed by atoms with Crippen molar-refractivity contribution in [2.45, 2.75) is 352 Å². The summed E-state index contributed by atoms with van der Waals surface area (Å²) in [7, 11) is 0. The first-order valence-corrected chi connectivity index (χ1v) is 31.7. The summed E-state index contributed by atoms with van der Waals surface area (Å²) in [5.74, 6) is -0.140. The molecule has 1 rings (SSSR count). The molecule has 7 atom stereocenters. The number of amides is 1. The lowest BCUT2D eigenvalue weighted by atomic mass is 9.99. The molecule has 73 heavy (non-hydrogen) atoms. The Labute approximate surface area is 451 Å². The van der Waals surface area contributed by atoms with Crippen molar-refractivity contribution >= 4 is 5.91 Å². The van der Waals surface area contributed by atoms with Crippen molar-refractivity contribution in [1.82, 2.24) is 5.32 Å². The van der Waals surface area contributed by atoms with Gasteiger partial charge in [-0.3, -0.25) is 4.79 Å². The summed E-state index contributed by atoms with van der Waals surface area (Å²) in [5.41, 5.74) is 0. The molecule has 0 radical (unpaired) electrons. The summed E-state index contributed by atoms with van der Waals surface area (Å²) < 4.78 is 11.3. The van der Waals surface area contributed by atoms with E-state index in [2.05, 4.69) is 55.6 Å². The van der Waals surface area contributed by atoms with Gasteiger partial charge in [-0.05, 0) is 51.4 Å². The van der Waals surface area contributed by atoms with Gasteiger partial charge in [-0.1, -0.05) is 288 Å².